The number of rotatable bonds is 4. The number of carboxylic acid groups (broad SMARTS) is 1. The molecule has 1 rings (SSSR count). The highest BCUT2D eigenvalue weighted by Crippen LogP contribution is 2.21. The lowest BCUT2D eigenvalue weighted by molar-refractivity contribution is 0.0697. The molecule has 1 aromatic rings. The standard InChI is InChI=1S/C9H7ClN2O4S/c10-8-5-6(1-2-7(8)9(13)14)12-17(15,16)4-3-11/h1-2,5,12H,4H2,(H,13,14). The Hall–Kier alpha value is -1.78. The number of hydrogen-bond donors (Lipinski definition) is 2. The number of nitrogens with zero attached hydrogens (tertiary/aromatic N) is 1. The van der Waals surface area contributed by atoms with Crippen LogP contribution in [0.4, 0.5) is 5.69 Å². The molecular formula is C9H7ClN2O4S. The average Bonchev–Trinajstić information content (AvgIpc) is 2.15. The molecule has 0 bridgehead atoms. The molecule has 0 unspecified atom stereocenters. The SMILES string of the molecule is N#CCS(=O)(=O)Nc1ccc(C(=O)O)c(Cl)c1. The molecule has 0 aliphatic carbocycles. The Balaban J connectivity index is 3.01. The largest absolute Gasteiger partial charge is 0.478 e. The van der Waals surface area contributed by atoms with Gasteiger partial charge in [-0.15, -0.1) is 0 Å². The first-order valence-corrected chi connectivity index (χ1v) is 6.29. The van der Waals surface area contributed by atoms with Crippen LogP contribution in [0.25, 0.3) is 0 Å². The van der Waals surface area contributed by atoms with Gasteiger partial charge in [0.25, 0.3) is 0 Å². The van der Waals surface area contributed by atoms with E-state index in [4.69, 9.17) is 22.0 Å². The van der Waals surface area contributed by atoms with Gasteiger partial charge in [-0.1, -0.05) is 11.6 Å². The predicted octanol–water partition coefficient (Wildman–Crippen LogP) is 1.30. The van der Waals surface area contributed by atoms with E-state index in [1.165, 1.54) is 24.3 Å². The van der Waals surface area contributed by atoms with Gasteiger partial charge >= 0.3 is 5.97 Å². The lowest BCUT2D eigenvalue weighted by atomic mass is 10.2. The first-order valence-electron chi connectivity index (χ1n) is 4.26. The van der Waals surface area contributed by atoms with Crippen molar-refractivity contribution in [3.05, 3.63) is 28.8 Å². The summed E-state index contributed by atoms with van der Waals surface area (Å²) in [5.74, 6) is -1.90. The number of carboxylic acids is 1. The maximum atomic E-state index is 11.2. The molecule has 0 aliphatic rings. The number of nitriles is 1. The Bertz CT molecular complexity index is 592. The zero-order chi connectivity index (χ0) is 13.1. The number of nitrogens with one attached hydrogen (secondary N) is 1. The molecule has 0 saturated carbocycles. The fourth-order valence-corrected chi connectivity index (χ4v) is 2.04. The molecule has 0 saturated heterocycles. The highest BCUT2D eigenvalue weighted by atomic mass is 35.5. The summed E-state index contributed by atoms with van der Waals surface area (Å²) in [6, 6.07) is 5.09. The van der Waals surface area contributed by atoms with Crippen LogP contribution >= 0.6 is 11.6 Å². The normalized spacial score (nSPS) is 10.6. The van der Waals surface area contributed by atoms with Crippen molar-refractivity contribution in [1.82, 2.24) is 0 Å². The van der Waals surface area contributed by atoms with Gasteiger partial charge in [0, 0.05) is 0 Å². The molecule has 6 nitrogen and oxygen atoms in total. The number of carbonyl (C=O) groups is 1. The third-order valence-electron chi connectivity index (χ3n) is 1.73. The van der Waals surface area contributed by atoms with Crippen LogP contribution in [0.5, 0.6) is 0 Å². The Labute approximate surface area is 102 Å². The molecule has 17 heavy (non-hydrogen) atoms. The minimum absolute atomic E-state index is 0.0883. The van der Waals surface area contributed by atoms with Gasteiger partial charge in [0.05, 0.1) is 22.3 Å². The van der Waals surface area contributed by atoms with Crippen LogP contribution in [0.15, 0.2) is 18.2 Å². The van der Waals surface area contributed by atoms with Gasteiger partial charge in [-0.2, -0.15) is 5.26 Å². The third kappa shape index (κ3) is 3.62. The van der Waals surface area contributed by atoms with Gasteiger partial charge in [0.15, 0.2) is 5.75 Å². The summed E-state index contributed by atoms with van der Waals surface area (Å²) in [6.45, 7) is 0. The summed E-state index contributed by atoms with van der Waals surface area (Å²) in [5, 5.41) is 16.9. The van der Waals surface area contributed by atoms with Crippen molar-refractivity contribution in [2.75, 3.05) is 10.5 Å². The topological polar surface area (TPSA) is 107 Å². The van der Waals surface area contributed by atoms with Gasteiger partial charge in [0.1, 0.15) is 0 Å². The molecule has 0 aromatic heterocycles. The van der Waals surface area contributed by atoms with Gasteiger partial charge in [0.2, 0.25) is 10.0 Å². The predicted molar refractivity (Wildman–Crippen MR) is 61.4 cm³/mol. The molecule has 0 heterocycles. The van der Waals surface area contributed by atoms with E-state index in [0.717, 1.165) is 0 Å². The lowest BCUT2D eigenvalue weighted by Crippen LogP contribution is -2.15. The summed E-state index contributed by atoms with van der Waals surface area (Å²) in [7, 11) is -3.75. The number of hydrogen-bond acceptors (Lipinski definition) is 4. The fraction of sp³-hybridized carbons (Fsp3) is 0.111. The van der Waals surface area contributed by atoms with E-state index in [0.29, 0.717) is 0 Å². The lowest BCUT2D eigenvalue weighted by Gasteiger charge is -2.06. The Morgan fingerprint density at radius 2 is 2.18 bits per heavy atom. The smallest absolute Gasteiger partial charge is 0.337 e. The van der Waals surface area contributed by atoms with Crippen LogP contribution in [0.2, 0.25) is 5.02 Å². The minimum atomic E-state index is -3.75. The summed E-state index contributed by atoms with van der Waals surface area (Å²) in [5.41, 5.74) is -0.0230. The van der Waals surface area contributed by atoms with Gasteiger partial charge in [-0.25, -0.2) is 13.2 Å². The second-order valence-corrected chi connectivity index (χ2v) is 5.15. The van der Waals surface area contributed by atoms with E-state index in [-0.39, 0.29) is 16.3 Å². The molecule has 1 aromatic carbocycles. The van der Waals surface area contributed by atoms with Crippen LogP contribution < -0.4 is 4.72 Å². The van der Waals surface area contributed by atoms with Crippen LogP contribution in [-0.4, -0.2) is 25.2 Å². The summed E-state index contributed by atoms with van der Waals surface area (Å²) in [6.07, 6.45) is 0. The average molecular weight is 275 g/mol. The Kier molecular flexibility index (Phi) is 3.93. The van der Waals surface area contributed by atoms with Crippen LogP contribution in [-0.2, 0) is 10.0 Å². The van der Waals surface area contributed by atoms with E-state index in [1.54, 1.807) is 0 Å². The maximum Gasteiger partial charge on any atom is 0.337 e. The number of aromatic carboxylic acids is 1. The zero-order valence-corrected chi connectivity index (χ0v) is 9.92. The van der Waals surface area contributed by atoms with Crippen LogP contribution in [0, 0.1) is 11.3 Å². The highest BCUT2D eigenvalue weighted by Gasteiger charge is 2.13. The van der Waals surface area contributed by atoms with Crippen LogP contribution in [0.3, 0.4) is 0 Å². The molecule has 0 fully saturated rings. The molecular weight excluding hydrogens is 268 g/mol. The molecule has 0 spiro atoms. The quantitative estimate of drug-likeness (QED) is 0.860. The van der Waals surface area contributed by atoms with Crippen molar-refractivity contribution in [1.29, 1.82) is 5.26 Å². The number of anilines is 1. The van der Waals surface area contributed by atoms with Crippen molar-refractivity contribution in [3.63, 3.8) is 0 Å². The molecule has 2 N–H and O–H groups in total. The number of halogens is 1. The minimum Gasteiger partial charge on any atom is -0.478 e. The van der Waals surface area contributed by atoms with Crippen molar-refractivity contribution >= 4 is 33.3 Å². The van der Waals surface area contributed by atoms with E-state index in [2.05, 4.69) is 4.72 Å². The second kappa shape index (κ2) is 5.03. The van der Waals surface area contributed by atoms with Gasteiger partial charge in [-0.05, 0) is 18.2 Å². The van der Waals surface area contributed by atoms with Crippen LogP contribution in [0.1, 0.15) is 10.4 Å². The van der Waals surface area contributed by atoms with Crippen molar-refractivity contribution in [2.45, 2.75) is 0 Å². The Morgan fingerprint density at radius 1 is 1.53 bits per heavy atom. The first kappa shape index (κ1) is 13.3. The zero-order valence-electron chi connectivity index (χ0n) is 8.34. The second-order valence-electron chi connectivity index (χ2n) is 3.02. The van der Waals surface area contributed by atoms with Gasteiger partial charge < -0.3 is 5.11 Å². The third-order valence-corrected chi connectivity index (χ3v) is 3.10. The summed E-state index contributed by atoms with van der Waals surface area (Å²) >= 11 is 5.65. The van der Waals surface area contributed by atoms with Crippen molar-refractivity contribution in [3.8, 4) is 6.07 Å². The first-order chi connectivity index (χ1) is 7.85. The monoisotopic (exact) mass is 274 g/mol. The van der Waals surface area contributed by atoms with Gasteiger partial charge in [-0.3, -0.25) is 4.72 Å². The molecule has 90 valence electrons. The van der Waals surface area contributed by atoms with E-state index >= 15 is 0 Å². The van der Waals surface area contributed by atoms with Crippen molar-refractivity contribution < 1.29 is 18.3 Å². The maximum absolute atomic E-state index is 11.2. The molecule has 0 aliphatic heterocycles. The van der Waals surface area contributed by atoms with E-state index in [9.17, 15) is 13.2 Å². The Morgan fingerprint density at radius 3 is 2.65 bits per heavy atom. The molecule has 8 heteroatoms. The highest BCUT2D eigenvalue weighted by molar-refractivity contribution is 7.92. The molecule has 0 atom stereocenters. The fourth-order valence-electron chi connectivity index (χ4n) is 1.05. The molecule has 0 amide bonds. The summed E-state index contributed by atoms with van der Waals surface area (Å²) in [4.78, 5) is 10.7. The van der Waals surface area contributed by atoms with E-state index in [1.807, 2.05) is 0 Å². The number of sulfonamides is 1. The van der Waals surface area contributed by atoms with E-state index < -0.39 is 21.7 Å². The van der Waals surface area contributed by atoms with Crippen molar-refractivity contribution in [2.24, 2.45) is 0 Å². The number of benzene rings is 1. The summed E-state index contributed by atoms with van der Waals surface area (Å²) < 4.78 is 24.6. The molecule has 0 radical (unpaired) electrons.